The van der Waals surface area contributed by atoms with Crippen LogP contribution >= 0.6 is 0 Å². The van der Waals surface area contributed by atoms with Crippen molar-refractivity contribution in [2.75, 3.05) is 44.3 Å². The van der Waals surface area contributed by atoms with Crippen LogP contribution in [0.15, 0.2) is 24.3 Å². The predicted octanol–water partition coefficient (Wildman–Crippen LogP) is 1.67. The van der Waals surface area contributed by atoms with Crippen molar-refractivity contribution < 1.29 is 18.8 Å². The summed E-state index contributed by atoms with van der Waals surface area (Å²) in [5.74, 6) is 0.231. The zero-order valence-electron chi connectivity index (χ0n) is 17.7. The Morgan fingerprint density at radius 3 is 1.89 bits per heavy atom. The van der Waals surface area contributed by atoms with Crippen molar-refractivity contribution in [3.05, 3.63) is 24.3 Å². The third-order valence-corrected chi connectivity index (χ3v) is 6.71. The van der Waals surface area contributed by atoms with Gasteiger partial charge in [0.25, 0.3) is 0 Å². The van der Waals surface area contributed by atoms with Gasteiger partial charge in [-0.25, -0.2) is 0 Å². The van der Waals surface area contributed by atoms with E-state index in [0.29, 0.717) is 13.2 Å². The molecule has 3 heterocycles. The van der Waals surface area contributed by atoms with Gasteiger partial charge in [0.2, 0.25) is 5.91 Å². The molecule has 0 saturated carbocycles. The highest BCUT2D eigenvalue weighted by atomic mass is 16.7. The minimum absolute atomic E-state index is 0.231. The molecule has 3 fully saturated rings. The average molecular weight is 386 g/mol. The number of carbonyl (C=O) groups excluding carboxylic acids is 1. The number of rotatable bonds is 3. The maximum Gasteiger partial charge on any atom is 0.494 e. The van der Waals surface area contributed by atoms with Gasteiger partial charge in [-0.1, -0.05) is 12.1 Å². The summed E-state index contributed by atoms with van der Waals surface area (Å²) in [6, 6.07) is 8.42. The molecule has 0 aromatic heterocycles. The van der Waals surface area contributed by atoms with Crippen molar-refractivity contribution in [1.82, 2.24) is 4.90 Å². The van der Waals surface area contributed by atoms with Crippen molar-refractivity contribution in [3.63, 3.8) is 0 Å². The van der Waals surface area contributed by atoms with Crippen molar-refractivity contribution in [2.24, 2.45) is 5.41 Å². The molecule has 3 aliphatic rings. The van der Waals surface area contributed by atoms with Crippen molar-refractivity contribution >= 4 is 24.2 Å². The molecule has 3 saturated heterocycles. The molecule has 0 aliphatic carbocycles. The van der Waals surface area contributed by atoms with Crippen molar-refractivity contribution in [3.8, 4) is 0 Å². The Kier molecular flexibility index (Phi) is 4.76. The van der Waals surface area contributed by atoms with Gasteiger partial charge in [0.05, 0.1) is 29.8 Å². The Bertz CT molecular complexity index is 721. The summed E-state index contributed by atoms with van der Waals surface area (Å²) >= 11 is 0. The molecule has 1 amide bonds. The number of nitrogens with zero attached hydrogens (tertiary/aromatic N) is 2. The number of ether oxygens (including phenoxy) is 1. The lowest BCUT2D eigenvalue weighted by Gasteiger charge is -2.43. The summed E-state index contributed by atoms with van der Waals surface area (Å²) in [5, 5.41) is 0. The highest BCUT2D eigenvalue weighted by Gasteiger charge is 2.51. The first-order chi connectivity index (χ1) is 13.1. The predicted molar refractivity (Wildman–Crippen MR) is 110 cm³/mol. The summed E-state index contributed by atoms with van der Waals surface area (Å²) in [7, 11) is -0.334. The fourth-order valence-electron chi connectivity index (χ4n) is 3.90. The minimum Gasteiger partial charge on any atom is -0.399 e. The monoisotopic (exact) mass is 386 g/mol. The van der Waals surface area contributed by atoms with E-state index in [1.807, 2.05) is 11.8 Å². The molecule has 3 aliphatic heterocycles. The van der Waals surface area contributed by atoms with E-state index in [-0.39, 0.29) is 29.6 Å². The second-order valence-corrected chi connectivity index (χ2v) is 9.51. The number of carbonyl (C=O) groups is 1. The Balaban J connectivity index is 1.36. The number of benzene rings is 1. The van der Waals surface area contributed by atoms with Crippen LogP contribution < -0.4 is 10.4 Å². The van der Waals surface area contributed by atoms with Gasteiger partial charge in [0.1, 0.15) is 0 Å². The zero-order valence-corrected chi connectivity index (χ0v) is 17.7. The average Bonchev–Trinajstić information content (AvgIpc) is 2.87. The Morgan fingerprint density at radius 1 is 0.893 bits per heavy atom. The topological polar surface area (TPSA) is 51.2 Å². The summed E-state index contributed by atoms with van der Waals surface area (Å²) in [5.41, 5.74) is 1.23. The molecule has 0 spiro atoms. The summed E-state index contributed by atoms with van der Waals surface area (Å²) in [6.07, 6.45) is 0. The van der Waals surface area contributed by atoms with Gasteiger partial charge in [-0.3, -0.25) is 4.79 Å². The maximum absolute atomic E-state index is 12.6. The number of piperazine rings is 1. The number of hydrogen-bond acceptors (Lipinski definition) is 5. The molecule has 0 unspecified atom stereocenters. The van der Waals surface area contributed by atoms with E-state index in [1.165, 1.54) is 5.69 Å². The number of anilines is 1. The second-order valence-electron chi connectivity index (χ2n) is 9.51. The van der Waals surface area contributed by atoms with Gasteiger partial charge >= 0.3 is 7.12 Å². The van der Waals surface area contributed by atoms with E-state index in [0.717, 1.165) is 31.6 Å². The lowest BCUT2D eigenvalue weighted by atomic mass is 9.79. The fourth-order valence-corrected chi connectivity index (χ4v) is 3.90. The van der Waals surface area contributed by atoms with E-state index >= 15 is 0 Å². The molecule has 1 aromatic rings. The van der Waals surface area contributed by atoms with E-state index in [1.54, 1.807) is 0 Å². The minimum atomic E-state index is -0.334. The molecule has 0 bridgehead atoms. The summed E-state index contributed by atoms with van der Waals surface area (Å²) in [4.78, 5) is 17.0. The molecule has 152 valence electrons. The molecule has 0 atom stereocenters. The van der Waals surface area contributed by atoms with Crippen LogP contribution in [0.4, 0.5) is 5.69 Å². The molecule has 4 rings (SSSR count). The van der Waals surface area contributed by atoms with Crippen LogP contribution in [0.3, 0.4) is 0 Å². The fraction of sp³-hybridized carbons (Fsp3) is 0.667. The molecule has 6 nitrogen and oxygen atoms in total. The van der Waals surface area contributed by atoms with Gasteiger partial charge in [0.15, 0.2) is 0 Å². The molecule has 1 aromatic carbocycles. The first-order valence-electron chi connectivity index (χ1n) is 10.2. The van der Waals surface area contributed by atoms with Crippen LogP contribution in [-0.2, 0) is 18.8 Å². The Morgan fingerprint density at radius 2 is 1.43 bits per heavy atom. The van der Waals surface area contributed by atoms with Crippen LogP contribution in [0, 0.1) is 5.41 Å². The Labute approximate surface area is 168 Å². The van der Waals surface area contributed by atoms with Crippen LogP contribution in [0.1, 0.15) is 34.6 Å². The maximum atomic E-state index is 12.6. The molecular formula is C21H31BN2O4. The first-order valence-corrected chi connectivity index (χ1v) is 10.2. The highest BCUT2D eigenvalue weighted by Crippen LogP contribution is 2.36. The van der Waals surface area contributed by atoms with Gasteiger partial charge in [-0.2, -0.15) is 0 Å². The summed E-state index contributed by atoms with van der Waals surface area (Å²) in [6.45, 7) is 14.6. The van der Waals surface area contributed by atoms with Crippen molar-refractivity contribution in [1.29, 1.82) is 0 Å². The number of hydrogen-bond donors (Lipinski definition) is 0. The van der Waals surface area contributed by atoms with Crippen LogP contribution in [0.5, 0.6) is 0 Å². The van der Waals surface area contributed by atoms with Gasteiger partial charge in [0, 0.05) is 31.9 Å². The molecule has 28 heavy (non-hydrogen) atoms. The highest BCUT2D eigenvalue weighted by molar-refractivity contribution is 6.62. The molecule has 0 radical (unpaired) electrons. The van der Waals surface area contributed by atoms with E-state index in [4.69, 9.17) is 14.0 Å². The smallest absolute Gasteiger partial charge is 0.399 e. The quantitative estimate of drug-likeness (QED) is 0.740. The first kappa shape index (κ1) is 19.7. The Hall–Kier alpha value is -1.57. The molecular weight excluding hydrogens is 355 g/mol. The molecule has 0 N–H and O–H groups in total. The lowest BCUT2D eigenvalue weighted by Crippen LogP contribution is -2.58. The van der Waals surface area contributed by atoms with E-state index in [9.17, 15) is 4.79 Å². The van der Waals surface area contributed by atoms with Crippen LogP contribution in [0.25, 0.3) is 0 Å². The SMILES string of the molecule is CC1(C(=O)N2CCN(c3ccc(B4OC(C)(C)C(C)(C)O4)cc3)CC2)COC1. The van der Waals surface area contributed by atoms with Crippen LogP contribution in [-0.4, -0.2) is 68.5 Å². The zero-order chi connectivity index (χ0) is 20.2. The third-order valence-electron chi connectivity index (χ3n) is 6.71. The largest absolute Gasteiger partial charge is 0.494 e. The van der Waals surface area contributed by atoms with Crippen molar-refractivity contribution in [2.45, 2.75) is 45.8 Å². The normalized spacial score (nSPS) is 25.5. The van der Waals surface area contributed by atoms with Gasteiger partial charge < -0.3 is 23.8 Å². The molecule has 7 heteroatoms. The number of amides is 1. The van der Waals surface area contributed by atoms with Crippen LogP contribution in [0.2, 0.25) is 0 Å². The van der Waals surface area contributed by atoms with E-state index < -0.39 is 0 Å². The third kappa shape index (κ3) is 3.33. The standard InChI is InChI=1S/C21H31BN2O4/c1-19(2)20(3,4)28-22(27-19)16-6-8-17(9-7-16)23-10-12-24(13-11-23)18(25)21(5)14-26-15-21/h6-9H,10-15H2,1-5H3. The summed E-state index contributed by atoms with van der Waals surface area (Å²) < 4.78 is 17.5. The lowest BCUT2D eigenvalue weighted by molar-refractivity contribution is -0.169. The van der Waals surface area contributed by atoms with Gasteiger partial charge in [-0.05, 0) is 52.2 Å². The van der Waals surface area contributed by atoms with E-state index in [2.05, 4.69) is 56.9 Å². The van der Waals surface area contributed by atoms with Gasteiger partial charge in [-0.15, -0.1) is 0 Å². The second kappa shape index (κ2) is 6.75.